The molecule has 0 atom stereocenters. The Bertz CT molecular complexity index is 69.1. The van der Waals surface area contributed by atoms with Crippen LogP contribution in [0.3, 0.4) is 0 Å². The van der Waals surface area contributed by atoms with Crippen LogP contribution < -0.4 is 15.3 Å². The zero-order chi connectivity index (χ0) is 7.15. The van der Waals surface area contributed by atoms with Gasteiger partial charge in [0.2, 0.25) is 6.16 Å². The second kappa shape index (κ2) is 10.1. The van der Waals surface area contributed by atoms with Crippen molar-refractivity contribution in [1.29, 1.82) is 0 Å². The Hall–Kier alpha value is -0.954. The number of rotatable bonds is 0. The van der Waals surface area contributed by atoms with E-state index in [1.54, 1.807) is 0 Å². The average Bonchev–Trinajstić information content (AvgIpc) is 1.25. The molecule has 0 bridgehead atoms. The van der Waals surface area contributed by atoms with Crippen molar-refractivity contribution in [3.05, 3.63) is 0 Å². The quantitative estimate of drug-likeness (QED) is 0.411. The van der Waals surface area contributed by atoms with Crippen LogP contribution in [0.5, 0.6) is 0 Å². The molecule has 0 aliphatic heterocycles. The van der Waals surface area contributed by atoms with Crippen LogP contribution in [0.15, 0.2) is 0 Å². The monoisotopic (exact) mass is 180 g/mol. The van der Waals surface area contributed by atoms with Crippen molar-refractivity contribution in [2.24, 2.45) is 0 Å². The van der Waals surface area contributed by atoms with Gasteiger partial charge < -0.3 is 30.0 Å². The van der Waals surface area contributed by atoms with Crippen molar-refractivity contribution in [1.82, 2.24) is 0 Å². The summed E-state index contributed by atoms with van der Waals surface area (Å²) >= 11 is 0. The maximum atomic E-state index is 8.44. The fourth-order valence-electron chi connectivity index (χ4n) is 0. The van der Waals surface area contributed by atoms with Gasteiger partial charge in [0, 0.05) is 0 Å². The first kappa shape index (κ1) is 15.7. The summed E-state index contributed by atoms with van der Waals surface area (Å²) in [5, 5.41) is 32.0. The van der Waals surface area contributed by atoms with Crippen LogP contribution in [-0.4, -0.2) is 17.4 Å². The van der Waals surface area contributed by atoms with Crippen LogP contribution >= 0.6 is 0 Å². The number of carboxylic acid groups (broad SMARTS) is 4. The molecule has 0 radical (unpaired) electrons. The summed E-state index contributed by atoms with van der Waals surface area (Å²) < 4.78 is 0. The van der Waals surface area contributed by atoms with Gasteiger partial charge in [-0.25, -0.2) is 0 Å². The van der Waals surface area contributed by atoms with Crippen LogP contribution in [0.1, 0.15) is 0 Å². The van der Waals surface area contributed by atoms with Crippen LogP contribution in [0, 0.1) is 0 Å². The van der Waals surface area contributed by atoms with Crippen LogP contribution in [-0.2, 0) is 16.8 Å². The fraction of sp³-hybridized carbons (Fsp3) is 0. The first-order chi connectivity index (χ1) is 3.46. The SMILES string of the molecule is O=C([O-])O.O=C([O-])[O-].[Co+3]. The zero-order valence-corrected chi connectivity index (χ0v) is 4.86. The van der Waals surface area contributed by atoms with Gasteiger partial charge in [-0.3, -0.25) is 0 Å². The second-order valence-electron chi connectivity index (χ2n) is 0.516. The first-order valence-corrected chi connectivity index (χ1v) is 1.24. The van der Waals surface area contributed by atoms with E-state index < -0.39 is 12.3 Å². The molecule has 0 unspecified atom stereocenters. The van der Waals surface area contributed by atoms with Gasteiger partial charge in [0.25, 0.3) is 0 Å². The molecule has 0 heterocycles. The molecular formula is C2HCoO6. The van der Waals surface area contributed by atoms with Crippen LogP contribution in [0.2, 0.25) is 0 Å². The molecule has 0 aromatic carbocycles. The van der Waals surface area contributed by atoms with Gasteiger partial charge in [-0.15, -0.1) is 0 Å². The van der Waals surface area contributed by atoms with Gasteiger partial charge in [0.1, 0.15) is 0 Å². The molecule has 54 valence electrons. The molecule has 0 amide bonds. The smallest absolute Gasteiger partial charge is 0.652 e. The topological polar surface area (TPSA) is 124 Å². The van der Waals surface area contributed by atoms with Crippen molar-refractivity contribution >= 4 is 12.3 Å². The second-order valence-corrected chi connectivity index (χ2v) is 0.516. The molecule has 1 N–H and O–H groups in total. The number of carbonyl (C=O) groups excluding carboxylic acids is 1. The molecule has 0 saturated carbocycles. The van der Waals surface area contributed by atoms with Crippen molar-refractivity contribution < 1.29 is 46.8 Å². The van der Waals surface area contributed by atoms with E-state index in [0.29, 0.717) is 0 Å². The normalized spacial score (nSPS) is 5.33. The number of hydrogen-bond donors (Lipinski definition) is 1. The Kier molecular flexibility index (Phi) is 17.6. The summed E-state index contributed by atoms with van der Waals surface area (Å²) in [5.74, 6) is 0. The predicted octanol–water partition coefficient (Wildman–Crippen LogP) is -3.56. The summed E-state index contributed by atoms with van der Waals surface area (Å²) in [6, 6.07) is 0. The van der Waals surface area contributed by atoms with Gasteiger partial charge >= 0.3 is 16.8 Å². The van der Waals surface area contributed by atoms with E-state index in [9.17, 15) is 0 Å². The van der Waals surface area contributed by atoms with E-state index in [2.05, 4.69) is 0 Å². The van der Waals surface area contributed by atoms with Crippen LogP contribution in [0.25, 0.3) is 0 Å². The molecule has 0 aromatic heterocycles. The van der Waals surface area contributed by atoms with Crippen molar-refractivity contribution in [3.8, 4) is 0 Å². The summed E-state index contributed by atoms with van der Waals surface area (Å²) in [5.41, 5.74) is 0. The third-order valence-electron chi connectivity index (χ3n) is 0. The first-order valence-electron chi connectivity index (χ1n) is 1.24. The van der Waals surface area contributed by atoms with E-state index in [-0.39, 0.29) is 16.8 Å². The van der Waals surface area contributed by atoms with Crippen molar-refractivity contribution in [2.75, 3.05) is 0 Å². The third-order valence-corrected chi connectivity index (χ3v) is 0. The molecule has 0 aliphatic carbocycles. The minimum absolute atomic E-state index is 0. The standard InChI is InChI=1S/2CH2O3.Co/c2*2-1(3)4;/h2*(H2,2,3,4);/q;;+3/p-3. The zero-order valence-electron chi connectivity index (χ0n) is 3.82. The van der Waals surface area contributed by atoms with E-state index >= 15 is 0 Å². The van der Waals surface area contributed by atoms with Crippen molar-refractivity contribution in [3.63, 3.8) is 0 Å². The predicted molar refractivity (Wildman–Crippen MR) is 13.4 cm³/mol. The third kappa shape index (κ3) is 197. The van der Waals surface area contributed by atoms with Crippen molar-refractivity contribution in [2.45, 2.75) is 0 Å². The molecule has 7 heteroatoms. The van der Waals surface area contributed by atoms with Gasteiger partial charge in [0.05, 0.1) is 0 Å². The Labute approximate surface area is 59.9 Å². The van der Waals surface area contributed by atoms with Gasteiger partial charge in [-0.2, -0.15) is 0 Å². The van der Waals surface area contributed by atoms with Gasteiger partial charge in [0.15, 0.2) is 0 Å². The van der Waals surface area contributed by atoms with Gasteiger partial charge in [-0.05, 0) is 6.16 Å². The molecule has 0 saturated heterocycles. The maximum absolute atomic E-state index is 8.44. The van der Waals surface area contributed by atoms with E-state index in [1.165, 1.54) is 0 Å². The minimum atomic E-state index is -2.33. The average molecular weight is 180 g/mol. The molecule has 0 rings (SSSR count). The number of hydrogen-bond acceptors (Lipinski definition) is 5. The van der Waals surface area contributed by atoms with Crippen LogP contribution in [0.4, 0.5) is 9.59 Å². The molecule has 9 heavy (non-hydrogen) atoms. The minimum Gasteiger partial charge on any atom is -0.652 e. The molecule has 0 aliphatic rings. The Balaban J connectivity index is -0.0000000720. The van der Waals surface area contributed by atoms with E-state index in [4.69, 9.17) is 30.0 Å². The fourth-order valence-corrected chi connectivity index (χ4v) is 0. The maximum Gasteiger partial charge on any atom is 3.00 e. The molecule has 0 spiro atoms. The molecular weight excluding hydrogens is 179 g/mol. The molecule has 0 aromatic rings. The van der Waals surface area contributed by atoms with E-state index in [0.717, 1.165) is 0 Å². The summed E-state index contributed by atoms with van der Waals surface area (Å²) in [4.78, 5) is 16.8. The largest absolute Gasteiger partial charge is 3.00 e. The molecule has 6 nitrogen and oxygen atoms in total. The molecule has 0 fully saturated rings. The summed E-state index contributed by atoms with van der Waals surface area (Å²) in [6.45, 7) is 0. The summed E-state index contributed by atoms with van der Waals surface area (Å²) in [6.07, 6.45) is -4.42. The Morgan fingerprint density at radius 1 is 1.11 bits per heavy atom. The summed E-state index contributed by atoms with van der Waals surface area (Å²) in [7, 11) is 0. The number of carbonyl (C=O) groups is 2. The van der Waals surface area contributed by atoms with E-state index in [1.807, 2.05) is 0 Å². The Morgan fingerprint density at radius 3 is 1.11 bits per heavy atom. The van der Waals surface area contributed by atoms with Gasteiger partial charge in [-0.1, -0.05) is 0 Å². The Morgan fingerprint density at radius 2 is 1.11 bits per heavy atom.